The molecule has 6 nitrogen and oxygen atoms in total. The monoisotopic (exact) mass is 406 g/mol. The summed E-state index contributed by atoms with van der Waals surface area (Å²) in [4.78, 5) is 2.26. The van der Waals surface area contributed by atoms with Crippen LogP contribution < -0.4 is 14.4 Å². The summed E-state index contributed by atoms with van der Waals surface area (Å²) in [7, 11) is 1.98. The van der Waals surface area contributed by atoms with Gasteiger partial charge in [0.15, 0.2) is 0 Å². The summed E-state index contributed by atoms with van der Waals surface area (Å²) in [6.45, 7) is 4.60. The molecule has 0 aliphatic rings. The van der Waals surface area contributed by atoms with E-state index >= 15 is 0 Å². The van der Waals surface area contributed by atoms with E-state index in [1.807, 2.05) is 57.1 Å². The minimum Gasteiger partial charge on any atom is -0.491 e. The average Bonchev–Trinajstić information content (AvgIpc) is 2.63. The number of benzene rings is 2. The van der Waals surface area contributed by atoms with Gasteiger partial charge < -0.3 is 14.4 Å². The van der Waals surface area contributed by atoms with E-state index in [0.717, 1.165) is 16.8 Å². The number of sulfonamides is 1. The molecule has 0 aliphatic heterocycles. The molecular weight excluding hydrogens is 376 g/mol. The first-order valence-electron chi connectivity index (χ1n) is 9.24. The third kappa shape index (κ3) is 6.22. The van der Waals surface area contributed by atoms with Crippen molar-refractivity contribution < 1.29 is 17.9 Å². The summed E-state index contributed by atoms with van der Waals surface area (Å²) in [6.07, 6.45) is 0.615. The van der Waals surface area contributed by atoms with Crippen LogP contribution in [0.5, 0.6) is 5.75 Å². The molecule has 0 unspecified atom stereocenters. The Labute approximate surface area is 168 Å². The maximum atomic E-state index is 12.7. The van der Waals surface area contributed by atoms with Crippen LogP contribution in [0.4, 0.5) is 5.69 Å². The maximum Gasteiger partial charge on any atom is 0.240 e. The molecule has 0 bridgehead atoms. The fourth-order valence-electron chi connectivity index (χ4n) is 2.84. The van der Waals surface area contributed by atoms with E-state index in [2.05, 4.69) is 4.72 Å². The van der Waals surface area contributed by atoms with Crippen LogP contribution in [-0.4, -0.2) is 48.9 Å². The van der Waals surface area contributed by atoms with Gasteiger partial charge in [-0.05, 0) is 61.7 Å². The standard InChI is InChI=1S/C21H30N2O4S/c1-16-14-20(10-11-21(16)27-13-12-26-5)28(24,25)22-17(2)15-18-6-8-19(9-7-18)23(3)4/h6-11,14,17,22H,12-13,15H2,1-5H3/t17-/m1/s1. The van der Waals surface area contributed by atoms with Crippen LogP contribution in [-0.2, 0) is 21.2 Å². The Morgan fingerprint density at radius 1 is 1.07 bits per heavy atom. The lowest BCUT2D eigenvalue weighted by atomic mass is 10.1. The highest BCUT2D eigenvalue weighted by Gasteiger charge is 2.19. The fourth-order valence-corrected chi connectivity index (χ4v) is 4.17. The molecule has 2 aromatic carbocycles. The summed E-state index contributed by atoms with van der Waals surface area (Å²) in [5.74, 6) is 0.657. The van der Waals surface area contributed by atoms with Crippen molar-refractivity contribution in [1.82, 2.24) is 4.72 Å². The quantitative estimate of drug-likeness (QED) is 0.615. The van der Waals surface area contributed by atoms with E-state index < -0.39 is 10.0 Å². The van der Waals surface area contributed by atoms with Crippen molar-refractivity contribution in [3.63, 3.8) is 0 Å². The number of ether oxygens (including phenoxy) is 2. The van der Waals surface area contributed by atoms with Crippen LogP contribution in [0.1, 0.15) is 18.1 Å². The van der Waals surface area contributed by atoms with Crippen molar-refractivity contribution in [2.75, 3.05) is 39.3 Å². The van der Waals surface area contributed by atoms with Crippen LogP contribution in [0.15, 0.2) is 47.4 Å². The van der Waals surface area contributed by atoms with Crippen molar-refractivity contribution in [1.29, 1.82) is 0 Å². The van der Waals surface area contributed by atoms with Crippen molar-refractivity contribution in [3.05, 3.63) is 53.6 Å². The van der Waals surface area contributed by atoms with Gasteiger partial charge in [-0.3, -0.25) is 0 Å². The van der Waals surface area contributed by atoms with Gasteiger partial charge in [0.2, 0.25) is 10.0 Å². The molecule has 7 heteroatoms. The Kier molecular flexibility index (Phi) is 7.86. The van der Waals surface area contributed by atoms with Crippen LogP contribution in [0.3, 0.4) is 0 Å². The fraction of sp³-hybridized carbons (Fsp3) is 0.429. The lowest BCUT2D eigenvalue weighted by molar-refractivity contribution is 0.146. The number of hydrogen-bond donors (Lipinski definition) is 1. The van der Waals surface area contributed by atoms with Gasteiger partial charge in [0, 0.05) is 32.9 Å². The molecule has 2 aromatic rings. The minimum absolute atomic E-state index is 0.229. The van der Waals surface area contributed by atoms with E-state index in [1.165, 1.54) is 0 Å². The minimum atomic E-state index is -3.60. The Hall–Kier alpha value is -2.09. The Morgan fingerprint density at radius 2 is 1.75 bits per heavy atom. The molecule has 1 N–H and O–H groups in total. The highest BCUT2D eigenvalue weighted by atomic mass is 32.2. The third-order valence-corrected chi connectivity index (χ3v) is 5.94. The van der Waals surface area contributed by atoms with Gasteiger partial charge in [0.25, 0.3) is 0 Å². The van der Waals surface area contributed by atoms with Gasteiger partial charge in [-0.15, -0.1) is 0 Å². The van der Waals surface area contributed by atoms with Gasteiger partial charge >= 0.3 is 0 Å². The van der Waals surface area contributed by atoms with Crippen molar-refractivity contribution in [3.8, 4) is 5.75 Å². The maximum absolute atomic E-state index is 12.7. The zero-order valence-corrected chi connectivity index (χ0v) is 18.0. The molecule has 2 rings (SSSR count). The summed E-state index contributed by atoms with van der Waals surface area (Å²) >= 11 is 0. The summed E-state index contributed by atoms with van der Waals surface area (Å²) in [6, 6.07) is 12.8. The van der Waals surface area contributed by atoms with Gasteiger partial charge in [0.1, 0.15) is 12.4 Å². The Morgan fingerprint density at radius 3 is 2.32 bits per heavy atom. The summed E-state index contributed by atoms with van der Waals surface area (Å²) in [5, 5.41) is 0. The molecule has 0 radical (unpaired) electrons. The zero-order valence-electron chi connectivity index (χ0n) is 17.2. The van der Waals surface area contributed by atoms with Gasteiger partial charge in [-0.2, -0.15) is 0 Å². The average molecular weight is 407 g/mol. The second kappa shape index (κ2) is 9.91. The number of methoxy groups -OCH3 is 1. The Balaban J connectivity index is 2.02. The van der Waals surface area contributed by atoms with Crippen LogP contribution in [0.2, 0.25) is 0 Å². The van der Waals surface area contributed by atoms with E-state index in [-0.39, 0.29) is 10.9 Å². The molecule has 154 valence electrons. The van der Waals surface area contributed by atoms with E-state index in [1.54, 1.807) is 25.3 Å². The van der Waals surface area contributed by atoms with Gasteiger partial charge in [-0.1, -0.05) is 12.1 Å². The largest absolute Gasteiger partial charge is 0.491 e. The smallest absolute Gasteiger partial charge is 0.240 e. The SMILES string of the molecule is COCCOc1ccc(S(=O)(=O)N[C@H](C)Cc2ccc(N(C)C)cc2)cc1C. The summed E-state index contributed by atoms with van der Waals surface area (Å²) in [5.41, 5.74) is 2.96. The normalized spacial score (nSPS) is 12.6. The lowest BCUT2D eigenvalue weighted by Crippen LogP contribution is -2.34. The Bertz CT molecular complexity index is 864. The second-order valence-corrected chi connectivity index (χ2v) is 8.77. The van der Waals surface area contributed by atoms with Crippen LogP contribution in [0.25, 0.3) is 0 Å². The first kappa shape index (κ1) is 22.2. The molecule has 0 aromatic heterocycles. The molecule has 1 atom stereocenters. The van der Waals surface area contributed by atoms with Gasteiger partial charge in [0.05, 0.1) is 11.5 Å². The number of nitrogens with one attached hydrogen (secondary N) is 1. The molecule has 0 saturated heterocycles. The first-order chi connectivity index (χ1) is 13.2. The highest BCUT2D eigenvalue weighted by Crippen LogP contribution is 2.22. The zero-order chi connectivity index (χ0) is 20.7. The lowest BCUT2D eigenvalue weighted by Gasteiger charge is -2.17. The van der Waals surface area contributed by atoms with E-state index in [0.29, 0.717) is 25.4 Å². The number of rotatable bonds is 10. The second-order valence-electron chi connectivity index (χ2n) is 7.06. The van der Waals surface area contributed by atoms with Gasteiger partial charge in [-0.25, -0.2) is 13.1 Å². The van der Waals surface area contributed by atoms with Crippen molar-refractivity contribution >= 4 is 15.7 Å². The predicted molar refractivity (Wildman–Crippen MR) is 113 cm³/mol. The van der Waals surface area contributed by atoms with Crippen LogP contribution in [0, 0.1) is 6.92 Å². The molecule has 0 heterocycles. The molecule has 0 saturated carbocycles. The molecule has 0 amide bonds. The molecule has 28 heavy (non-hydrogen) atoms. The molecule has 0 spiro atoms. The summed E-state index contributed by atoms with van der Waals surface area (Å²) < 4.78 is 38.7. The van der Waals surface area contributed by atoms with Crippen molar-refractivity contribution in [2.45, 2.75) is 31.2 Å². The molecular formula is C21H30N2O4S. The number of nitrogens with zero attached hydrogens (tertiary/aromatic N) is 1. The number of aryl methyl sites for hydroxylation is 1. The van der Waals surface area contributed by atoms with E-state index in [4.69, 9.17) is 9.47 Å². The topological polar surface area (TPSA) is 67.9 Å². The van der Waals surface area contributed by atoms with Crippen LogP contribution >= 0.6 is 0 Å². The molecule has 0 aliphatic carbocycles. The third-order valence-electron chi connectivity index (χ3n) is 4.35. The number of anilines is 1. The van der Waals surface area contributed by atoms with Crippen molar-refractivity contribution in [2.24, 2.45) is 0 Å². The number of hydrogen-bond acceptors (Lipinski definition) is 5. The molecule has 0 fully saturated rings. The highest BCUT2D eigenvalue weighted by molar-refractivity contribution is 7.89. The van der Waals surface area contributed by atoms with E-state index in [9.17, 15) is 8.42 Å². The first-order valence-corrected chi connectivity index (χ1v) is 10.7. The predicted octanol–water partition coefficient (Wildman–Crippen LogP) is 3.00.